The summed E-state index contributed by atoms with van der Waals surface area (Å²) >= 11 is 5.82. The highest BCUT2D eigenvalue weighted by Gasteiger charge is 2.30. The number of piperazine rings is 1. The Morgan fingerprint density at radius 3 is 2.41 bits per heavy atom. The summed E-state index contributed by atoms with van der Waals surface area (Å²) in [7, 11) is -2.21. The summed E-state index contributed by atoms with van der Waals surface area (Å²) in [5.74, 6) is -0.312. The topological polar surface area (TPSA) is 79.0 Å². The molecule has 2 aromatic rings. The van der Waals surface area contributed by atoms with Gasteiger partial charge in [-0.05, 0) is 36.4 Å². The van der Waals surface area contributed by atoms with Crippen LogP contribution < -0.4 is 10.1 Å². The van der Waals surface area contributed by atoms with Gasteiger partial charge in [-0.25, -0.2) is 12.8 Å². The van der Waals surface area contributed by atoms with Crippen molar-refractivity contribution in [2.45, 2.75) is 4.90 Å². The Hall–Kier alpha value is -2.36. The number of halogens is 2. The van der Waals surface area contributed by atoms with E-state index in [4.69, 9.17) is 16.3 Å². The van der Waals surface area contributed by atoms with Gasteiger partial charge in [-0.1, -0.05) is 11.6 Å². The van der Waals surface area contributed by atoms with Gasteiger partial charge in [-0.3, -0.25) is 4.79 Å². The summed E-state index contributed by atoms with van der Waals surface area (Å²) in [6, 6.07) is 10.00. The fourth-order valence-electron chi connectivity index (χ4n) is 3.03. The van der Waals surface area contributed by atoms with Crippen molar-refractivity contribution in [1.29, 1.82) is 0 Å². The smallest absolute Gasteiger partial charge is 0.243 e. The molecule has 1 amide bonds. The third-order valence-corrected chi connectivity index (χ3v) is 6.80. The summed E-state index contributed by atoms with van der Waals surface area (Å²) in [5.41, 5.74) is 0.506. The summed E-state index contributed by atoms with van der Waals surface area (Å²) in [4.78, 5) is 14.2. The predicted molar refractivity (Wildman–Crippen MR) is 108 cm³/mol. The molecule has 1 N–H and O–H groups in total. The van der Waals surface area contributed by atoms with Crippen LogP contribution in [0.3, 0.4) is 0 Å². The van der Waals surface area contributed by atoms with Gasteiger partial charge in [0, 0.05) is 37.3 Å². The number of nitrogens with zero attached hydrogens (tertiary/aromatic N) is 2. The number of hydrogen-bond acceptors (Lipinski definition) is 5. The lowest BCUT2D eigenvalue weighted by molar-refractivity contribution is -0.130. The van der Waals surface area contributed by atoms with E-state index >= 15 is 0 Å². The maximum atomic E-state index is 13.3. The number of nitrogens with one attached hydrogen (secondary N) is 1. The molecule has 29 heavy (non-hydrogen) atoms. The molecule has 0 aliphatic carbocycles. The maximum Gasteiger partial charge on any atom is 0.243 e. The minimum absolute atomic E-state index is 0.00801. The molecule has 10 heteroatoms. The van der Waals surface area contributed by atoms with Crippen LogP contribution in [0.4, 0.5) is 10.1 Å². The van der Waals surface area contributed by atoms with Crippen LogP contribution in [-0.4, -0.2) is 63.4 Å². The van der Waals surface area contributed by atoms with Gasteiger partial charge in [0.15, 0.2) is 0 Å². The first-order valence-corrected chi connectivity index (χ1v) is 10.7. The van der Waals surface area contributed by atoms with Crippen molar-refractivity contribution >= 4 is 33.2 Å². The number of rotatable bonds is 6. The largest absolute Gasteiger partial charge is 0.494 e. The number of carbonyl (C=O) groups excluding carboxylic acids is 1. The van der Waals surface area contributed by atoms with Gasteiger partial charge in [0.2, 0.25) is 15.9 Å². The first-order chi connectivity index (χ1) is 13.8. The van der Waals surface area contributed by atoms with Crippen LogP contribution >= 0.6 is 11.6 Å². The second-order valence-electron chi connectivity index (χ2n) is 6.44. The molecular formula is C19H21ClFN3O4S. The summed E-state index contributed by atoms with van der Waals surface area (Å²) < 4.78 is 45.1. The van der Waals surface area contributed by atoms with Crippen molar-refractivity contribution in [3.05, 3.63) is 53.3 Å². The number of anilines is 1. The quantitative estimate of drug-likeness (QED) is 0.744. The third-order valence-electron chi connectivity index (χ3n) is 4.64. The van der Waals surface area contributed by atoms with Crippen molar-refractivity contribution in [1.82, 2.24) is 9.21 Å². The molecule has 2 aromatic carbocycles. The van der Waals surface area contributed by atoms with Crippen LogP contribution in [-0.2, 0) is 14.8 Å². The van der Waals surface area contributed by atoms with Crippen molar-refractivity contribution in [3.63, 3.8) is 0 Å². The van der Waals surface area contributed by atoms with E-state index in [2.05, 4.69) is 5.32 Å². The normalized spacial score (nSPS) is 15.2. The van der Waals surface area contributed by atoms with E-state index in [-0.39, 0.29) is 43.5 Å². The molecule has 1 fully saturated rings. The molecular weight excluding hydrogens is 421 g/mol. The number of benzene rings is 2. The molecule has 0 atom stereocenters. The van der Waals surface area contributed by atoms with Crippen molar-refractivity contribution < 1.29 is 22.3 Å². The Balaban J connectivity index is 1.56. The lowest BCUT2D eigenvalue weighted by atomic mass is 10.2. The first kappa shape index (κ1) is 21.4. The SMILES string of the molecule is COc1cc(F)ccc1NCC(=O)N1CCN(S(=O)(=O)c2ccc(Cl)cc2)CC1. The molecule has 1 aliphatic heterocycles. The van der Waals surface area contributed by atoms with E-state index in [1.54, 1.807) is 4.90 Å². The Morgan fingerprint density at radius 1 is 1.14 bits per heavy atom. The number of amides is 1. The van der Waals surface area contributed by atoms with Gasteiger partial charge in [0.05, 0.1) is 24.2 Å². The second-order valence-corrected chi connectivity index (χ2v) is 8.81. The van der Waals surface area contributed by atoms with Crippen LogP contribution in [0, 0.1) is 5.82 Å². The zero-order valence-corrected chi connectivity index (χ0v) is 17.3. The van der Waals surface area contributed by atoms with Gasteiger partial charge in [-0.15, -0.1) is 0 Å². The second kappa shape index (κ2) is 8.98. The monoisotopic (exact) mass is 441 g/mol. The van der Waals surface area contributed by atoms with Gasteiger partial charge < -0.3 is 15.0 Å². The standard InChI is InChI=1S/C19H21ClFN3O4S/c1-28-18-12-15(21)4-7-17(18)22-13-19(25)23-8-10-24(11-9-23)29(26,27)16-5-2-14(20)3-6-16/h2-7,12,22H,8-11,13H2,1H3. The van der Waals surface area contributed by atoms with Crippen molar-refractivity contribution in [2.75, 3.05) is 45.2 Å². The molecule has 0 spiro atoms. The number of sulfonamides is 1. The van der Waals surface area contributed by atoms with E-state index in [0.29, 0.717) is 16.5 Å². The molecule has 156 valence electrons. The van der Waals surface area contributed by atoms with Gasteiger partial charge in [-0.2, -0.15) is 4.31 Å². The Bertz CT molecular complexity index is 977. The molecule has 1 aliphatic rings. The number of ether oxygens (including phenoxy) is 1. The van der Waals surface area contributed by atoms with Gasteiger partial charge in [0.25, 0.3) is 0 Å². The number of carbonyl (C=O) groups is 1. The molecule has 1 heterocycles. The number of methoxy groups -OCH3 is 1. The highest BCUT2D eigenvalue weighted by molar-refractivity contribution is 7.89. The lowest BCUT2D eigenvalue weighted by Gasteiger charge is -2.34. The van der Waals surface area contributed by atoms with Crippen LogP contribution in [0.1, 0.15) is 0 Å². The molecule has 0 unspecified atom stereocenters. The predicted octanol–water partition coefficient (Wildman–Crippen LogP) is 2.43. The van der Waals surface area contributed by atoms with Crippen LogP contribution in [0.15, 0.2) is 47.4 Å². The summed E-state index contributed by atoms with van der Waals surface area (Å²) in [5, 5.41) is 3.40. The molecule has 7 nitrogen and oxygen atoms in total. The minimum atomic E-state index is -3.63. The average Bonchev–Trinajstić information content (AvgIpc) is 2.73. The Kier molecular flexibility index (Phi) is 6.61. The first-order valence-electron chi connectivity index (χ1n) is 8.92. The van der Waals surface area contributed by atoms with Crippen LogP contribution in [0.5, 0.6) is 5.75 Å². The highest BCUT2D eigenvalue weighted by Crippen LogP contribution is 2.25. The minimum Gasteiger partial charge on any atom is -0.494 e. The Labute approximate surface area is 174 Å². The van der Waals surface area contributed by atoms with Crippen LogP contribution in [0.2, 0.25) is 5.02 Å². The molecule has 0 bridgehead atoms. The molecule has 0 aromatic heterocycles. The van der Waals surface area contributed by atoms with E-state index < -0.39 is 15.8 Å². The molecule has 0 saturated carbocycles. The summed E-state index contributed by atoms with van der Waals surface area (Å²) in [6.07, 6.45) is 0. The van der Waals surface area contributed by atoms with Crippen LogP contribution in [0.25, 0.3) is 0 Å². The van der Waals surface area contributed by atoms with Crippen molar-refractivity contribution in [3.8, 4) is 5.75 Å². The zero-order chi connectivity index (χ0) is 21.0. The van der Waals surface area contributed by atoms with E-state index in [1.807, 2.05) is 0 Å². The maximum absolute atomic E-state index is 13.3. The van der Waals surface area contributed by atoms with Crippen molar-refractivity contribution in [2.24, 2.45) is 0 Å². The molecule has 0 radical (unpaired) electrons. The molecule has 3 rings (SSSR count). The van der Waals surface area contributed by atoms with E-state index in [1.165, 1.54) is 53.9 Å². The zero-order valence-electron chi connectivity index (χ0n) is 15.8. The lowest BCUT2D eigenvalue weighted by Crippen LogP contribution is -2.51. The van der Waals surface area contributed by atoms with Gasteiger partial charge in [0.1, 0.15) is 11.6 Å². The average molecular weight is 442 g/mol. The fourth-order valence-corrected chi connectivity index (χ4v) is 4.58. The fraction of sp³-hybridized carbons (Fsp3) is 0.316. The summed E-state index contributed by atoms with van der Waals surface area (Å²) in [6.45, 7) is 0.973. The Morgan fingerprint density at radius 2 is 1.79 bits per heavy atom. The number of hydrogen-bond donors (Lipinski definition) is 1. The van der Waals surface area contributed by atoms with E-state index in [0.717, 1.165) is 0 Å². The molecule has 1 saturated heterocycles. The van der Waals surface area contributed by atoms with E-state index in [9.17, 15) is 17.6 Å². The highest BCUT2D eigenvalue weighted by atomic mass is 35.5. The third kappa shape index (κ3) is 4.98. The van der Waals surface area contributed by atoms with Gasteiger partial charge >= 0.3 is 0 Å².